The van der Waals surface area contributed by atoms with Gasteiger partial charge in [0, 0.05) is 32.0 Å². The maximum atomic E-state index is 12.3. The van der Waals surface area contributed by atoms with E-state index < -0.39 is 0 Å². The Hall–Kier alpha value is -3.03. The van der Waals surface area contributed by atoms with Gasteiger partial charge in [-0.3, -0.25) is 14.5 Å². The predicted molar refractivity (Wildman–Crippen MR) is 119 cm³/mol. The standard InChI is InChI=1S/C23H32N4O4/c1-4-30-19-9-8-18(16-20(19)31-5-2)10-12-24-21(28)7-6-13-26-22-15-17(3)25-27(22)14-11-23(26)29/h8-9,15-16H,4-7,10-14H2,1-3H3,(H,24,28). The van der Waals surface area contributed by atoms with E-state index in [2.05, 4.69) is 10.4 Å². The van der Waals surface area contributed by atoms with Crippen molar-refractivity contribution in [3.8, 4) is 11.5 Å². The summed E-state index contributed by atoms with van der Waals surface area (Å²) < 4.78 is 13.1. The number of aryl methyl sites for hydroxylation is 2. The van der Waals surface area contributed by atoms with Crippen LogP contribution in [0.1, 0.15) is 44.4 Å². The Balaban J connectivity index is 1.43. The van der Waals surface area contributed by atoms with Gasteiger partial charge in [0.25, 0.3) is 0 Å². The summed E-state index contributed by atoms with van der Waals surface area (Å²) in [6, 6.07) is 7.79. The Bertz CT molecular complexity index is 909. The van der Waals surface area contributed by atoms with Gasteiger partial charge >= 0.3 is 0 Å². The van der Waals surface area contributed by atoms with Gasteiger partial charge in [-0.05, 0) is 51.3 Å². The number of nitrogens with zero attached hydrogens (tertiary/aromatic N) is 3. The largest absolute Gasteiger partial charge is 0.490 e. The van der Waals surface area contributed by atoms with Gasteiger partial charge in [-0.1, -0.05) is 6.07 Å². The van der Waals surface area contributed by atoms with Gasteiger partial charge in [-0.2, -0.15) is 5.10 Å². The number of carbonyl (C=O) groups excluding carboxylic acids is 2. The molecule has 0 bridgehead atoms. The second kappa shape index (κ2) is 10.8. The maximum Gasteiger partial charge on any atom is 0.229 e. The molecular weight excluding hydrogens is 396 g/mol. The van der Waals surface area contributed by atoms with Crippen molar-refractivity contribution in [3.63, 3.8) is 0 Å². The lowest BCUT2D eigenvalue weighted by molar-refractivity contribution is -0.122. The normalized spacial score (nSPS) is 13.1. The van der Waals surface area contributed by atoms with Gasteiger partial charge < -0.3 is 14.8 Å². The summed E-state index contributed by atoms with van der Waals surface area (Å²) >= 11 is 0. The third kappa shape index (κ3) is 5.99. The number of hydrogen-bond acceptors (Lipinski definition) is 5. The summed E-state index contributed by atoms with van der Waals surface area (Å²) in [5, 5.41) is 7.37. The van der Waals surface area contributed by atoms with Crippen molar-refractivity contribution in [2.24, 2.45) is 0 Å². The average molecular weight is 429 g/mol. The highest BCUT2D eigenvalue weighted by Gasteiger charge is 2.25. The van der Waals surface area contributed by atoms with E-state index in [4.69, 9.17) is 9.47 Å². The summed E-state index contributed by atoms with van der Waals surface area (Å²) in [7, 11) is 0. The Kier molecular flexibility index (Phi) is 7.92. The molecule has 31 heavy (non-hydrogen) atoms. The molecule has 0 saturated carbocycles. The van der Waals surface area contributed by atoms with E-state index in [1.165, 1.54) is 0 Å². The van der Waals surface area contributed by atoms with Crippen LogP contribution in [0, 0.1) is 6.92 Å². The lowest BCUT2D eigenvalue weighted by Gasteiger charge is -2.27. The van der Waals surface area contributed by atoms with Gasteiger partial charge in [0.05, 0.1) is 25.5 Å². The Labute approximate surface area is 183 Å². The number of nitrogens with one attached hydrogen (secondary N) is 1. The first-order valence-corrected chi connectivity index (χ1v) is 11.0. The van der Waals surface area contributed by atoms with Crippen molar-refractivity contribution < 1.29 is 19.1 Å². The first-order valence-electron chi connectivity index (χ1n) is 11.0. The molecule has 1 N–H and O–H groups in total. The summed E-state index contributed by atoms with van der Waals surface area (Å²) in [5.41, 5.74) is 1.98. The molecule has 2 aromatic rings. The number of rotatable bonds is 11. The minimum absolute atomic E-state index is 0.00915. The zero-order chi connectivity index (χ0) is 22.2. The van der Waals surface area contributed by atoms with E-state index in [0.717, 1.165) is 28.6 Å². The molecule has 1 aromatic heterocycles. The first-order chi connectivity index (χ1) is 15.0. The van der Waals surface area contributed by atoms with Crippen LogP contribution in [-0.2, 0) is 22.6 Å². The highest BCUT2D eigenvalue weighted by Crippen LogP contribution is 2.28. The van der Waals surface area contributed by atoms with Crippen molar-refractivity contribution in [2.75, 3.05) is 31.2 Å². The van der Waals surface area contributed by atoms with Crippen LogP contribution < -0.4 is 19.7 Å². The number of hydrogen-bond donors (Lipinski definition) is 1. The van der Waals surface area contributed by atoms with Gasteiger partial charge in [0.15, 0.2) is 11.5 Å². The number of fused-ring (bicyclic) bond motifs is 1. The second-order valence-electron chi connectivity index (χ2n) is 7.51. The molecule has 2 amide bonds. The Morgan fingerprint density at radius 3 is 2.71 bits per heavy atom. The zero-order valence-corrected chi connectivity index (χ0v) is 18.6. The molecule has 8 heteroatoms. The third-order valence-corrected chi connectivity index (χ3v) is 5.13. The molecule has 1 aliphatic heterocycles. The summed E-state index contributed by atoms with van der Waals surface area (Å²) in [6.07, 6.45) is 2.15. The summed E-state index contributed by atoms with van der Waals surface area (Å²) in [4.78, 5) is 26.3. The van der Waals surface area contributed by atoms with Crippen molar-refractivity contribution in [2.45, 2.75) is 53.0 Å². The molecule has 0 unspecified atom stereocenters. The van der Waals surface area contributed by atoms with Crippen molar-refractivity contribution >= 4 is 17.6 Å². The average Bonchev–Trinajstić information content (AvgIpc) is 3.12. The fourth-order valence-electron chi connectivity index (χ4n) is 3.70. The van der Waals surface area contributed by atoms with Crippen LogP contribution in [0.2, 0.25) is 0 Å². The predicted octanol–water partition coefficient (Wildman–Crippen LogP) is 2.86. The summed E-state index contributed by atoms with van der Waals surface area (Å²) in [6.45, 7) is 8.64. The van der Waals surface area contributed by atoms with Gasteiger partial charge in [0.1, 0.15) is 5.82 Å². The molecule has 2 heterocycles. The minimum atomic E-state index is -0.00915. The van der Waals surface area contributed by atoms with E-state index in [9.17, 15) is 9.59 Å². The van der Waals surface area contributed by atoms with Gasteiger partial charge in [0.2, 0.25) is 11.8 Å². The maximum absolute atomic E-state index is 12.3. The number of amides is 2. The van der Waals surface area contributed by atoms with E-state index >= 15 is 0 Å². The molecule has 1 aromatic carbocycles. The topological polar surface area (TPSA) is 85.7 Å². The van der Waals surface area contributed by atoms with Crippen LogP contribution in [0.4, 0.5) is 5.82 Å². The molecule has 0 aliphatic carbocycles. The first kappa shape index (κ1) is 22.7. The number of aromatic nitrogens is 2. The molecule has 168 valence electrons. The highest BCUT2D eigenvalue weighted by atomic mass is 16.5. The molecule has 0 atom stereocenters. The Morgan fingerprint density at radius 1 is 1.16 bits per heavy atom. The van der Waals surface area contributed by atoms with Crippen molar-refractivity contribution in [1.29, 1.82) is 0 Å². The van der Waals surface area contributed by atoms with Gasteiger partial charge in [-0.15, -0.1) is 0 Å². The third-order valence-electron chi connectivity index (χ3n) is 5.13. The molecule has 8 nitrogen and oxygen atoms in total. The molecule has 0 fully saturated rings. The summed E-state index contributed by atoms with van der Waals surface area (Å²) in [5.74, 6) is 2.38. The van der Waals surface area contributed by atoms with E-state index in [0.29, 0.717) is 58.5 Å². The van der Waals surface area contributed by atoms with Crippen LogP contribution in [0.3, 0.4) is 0 Å². The highest BCUT2D eigenvalue weighted by molar-refractivity contribution is 5.93. The SMILES string of the molecule is CCOc1ccc(CCNC(=O)CCCN2C(=O)CCn3nc(C)cc32)cc1OCC. The van der Waals surface area contributed by atoms with E-state index in [1.54, 1.807) is 4.90 Å². The molecule has 0 spiro atoms. The molecule has 1 aliphatic rings. The van der Waals surface area contributed by atoms with Gasteiger partial charge in [-0.25, -0.2) is 4.68 Å². The van der Waals surface area contributed by atoms with Crippen LogP contribution in [0.15, 0.2) is 24.3 Å². The second-order valence-corrected chi connectivity index (χ2v) is 7.51. The monoisotopic (exact) mass is 428 g/mol. The number of carbonyl (C=O) groups is 2. The molecular formula is C23H32N4O4. The lowest BCUT2D eigenvalue weighted by Crippen LogP contribution is -2.38. The van der Waals surface area contributed by atoms with Crippen LogP contribution in [-0.4, -0.2) is 47.9 Å². The zero-order valence-electron chi connectivity index (χ0n) is 18.6. The number of benzene rings is 1. The van der Waals surface area contributed by atoms with Crippen LogP contribution in [0.25, 0.3) is 0 Å². The van der Waals surface area contributed by atoms with E-state index in [1.807, 2.05) is 49.7 Å². The minimum Gasteiger partial charge on any atom is -0.490 e. The van der Waals surface area contributed by atoms with Crippen LogP contribution in [0.5, 0.6) is 11.5 Å². The van der Waals surface area contributed by atoms with Crippen molar-refractivity contribution in [3.05, 3.63) is 35.5 Å². The van der Waals surface area contributed by atoms with E-state index in [-0.39, 0.29) is 11.8 Å². The number of ether oxygens (including phenoxy) is 2. The Morgan fingerprint density at radius 2 is 1.94 bits per heavy atom. The van der Waals surface area contributed by atoms with Crippen LogP contribution >= 0.6 is 0 Å². The molecule has 0 radical (unpaired) electrons. The lowest BCUT2D eigenvalue weighted by atomic mass is 10.1. The quantitative estimate of drug-likeness (QED) is 0.595. The van der Waals surface area contributed by atoms with Crippen molar-refractivity contribution in [1.82, 2.24) is 15.1 Å². The fourth-order valence-corrected chi connectivity index (χ4v) is 3.70. The number of anilines is 1. The molecule has 0 saturated heterocycles. The fraction of sp³-hybridized carbons (Fsp3) is 0.522. The smallest absolute Gasteiger partial charge is 0.229 e. The molecule has 3 rings (SSSR count).